The number of carbonyl (C=O) groups excluding carboxylic acids is 2. The Bertz CT molecular complexity index is 928. The van der Waals surface area contributed by atoms with Crippen LogP contribution in [0.2, 0.25) is 0 Å². The van der Waals surface area contributed by atoms with E-state index in [2.05, 4.69) is 20.5 Å². The Hall–Kier alpha value is -2.93. The first kappa shape index (κ1) is 22.3. The number of nitrogens with zero attached hydrogens (tertiary/aromatic N) is 2. The second kappa shape index (κ2) is 10.1. The summed E-state index contributed by atoms with van der Waals surface area (Å²) in [5, 5.41) is 5.71. The first-order valence-electron chi connectivity index (χ1n) is 11.7. The van der Waals surface area contributed by atoms with Crippen molar-refractivity contribution in [2.75, 3.05) is 37.2 Å². The van der Waals surface area contributed by atoms with E-state index in [9.17, 15) is 9.59 Å². The quantitative estimate of drug-likeness (QED) is 0.601. The van der Waals surface area contributed by atoms with Crippen LogP contribution in [0.3, 0.4) is 0 Å². The molecule has 0 radical (unpaired) electrons. The molecule has 0 bridgehead atoms. The van der Waals surface area contributed by atoms with Crippen molar-refractivity contribution in [3.8, 4) is 0 Å². The Morgan fingerprint density at radius 3 is 2.41 bits per heavy atom. The van der Waals surface area contributed by atoms with Crippen molar-refractivity contribution < 1.29 is 9.59 Å². The molecule has 1 aromatic heterocycles. The fourth-order valence-corrected chi connectivity index (χ4v) is 4.94. The molecule has 0 atom stereocenters. The lowest BCUT2D eigenvalue weighted by molar-refractivity contribution is 0.0673. The number of nitrogens with two attached hydrogens (primary N) is 1. The highest BCUT2D eigenvalue weighted by molar-refractivity contribution is 6.04. The van der Waals surface area contributed by atoms with Gasteiger partial charge in [-0.25, -0.2) is 0 Å². The van der Waals surface area contributed by atoms with Gasteiger partial charge in [-0.1, -0.05) is 31.4 Å². The lowest BCUT2D eigenvalue weighted by atomic mass is 9.68. The number of hydrogen-bond donors (Lipinski definition) is 3. The molecule has 1 aliphatic heterocycles. The molecule has 7 heteroatoms. The number of piperidine rings is 1. The number of nitrogen functional groups attached to an aromatic ring is 1. The van der Waals surface area contributed by atoms with Crippen LogP contribution in [0, 0.1) is 5.41 Å². The zero-order valence-electron chi connectivity index (χ0n) is 18.6. The molecule has 1 aliphatic carbocycles. The number of nitrogens with one attached hydrogen (secondary N) is 2. The molecule has 2 aromatic rings. The number of hydrogen-bond acceptors (Lipinski definition) is 5. The third-order valence-electron chi connectivity index (χ3n) is 7.01. The van der Waals surface area contributed by atoms with Crippen LogP contribution >= 0.6 is 0 Å². The Kier molecular flexibility index (Phi) is 7.05. The summed E-state index contributed by atoms with van der Waals surface area (Å²) in [7, 11) is 0. The number of para-hydroxylation sites is 2. The van der Waals surface area contributed by atoms with Gasteiger partial charge >= 0.3 is 0 Å². The average Bonchev–Trinajstić information content (AvgIpc) is 2.82. The maximum absolute atomic E-state index is 12.5. The summed E-state index contributed by atoms with van der Waals surface area (Å²) < 4.78 is 0. The van der Waals surface area contributed by atoms with Crippen molar-refractivity contribution >= 4 is 23.2 Å². The highest BCUT2D eigenvalue weighted by Gasteiger charge is 2.35. The molecule has 4 N–H and O–H groups in total. The second-order valence-electron chi connectivity index (χ2n) is 9.13. The van der Waals surface area contributed by atoms with E-state index in [1.807, 2.05) is 0 Å². The number of anilines is 2. The summed E-state index contributed by atoms with van der Waals surface area (Å²) in [4.78, 5) is 31.4. The molecule has 2 fully saturated rings. The van der Waals surface area contributed by atoms with E-state index in [0.717, 1.165) is 19.6 Å². The van der Waals surface area contributed by atoms with Gasteiger partial charge in [0.15, 0.2) is 0 Å². The van der Waals surface area contributed by atoms with E-state index in [1.165, 1.54) is 51.1 Å². The van der Waals surface area contributed by atoms with Gasteiger partial charge < -0.3 is 21.3 Å². The molecule has 0 unspecified atom stereocenters. The van der Waals surface area contributed by atoms with E-state index in [1.54, 1.807) is 36.4 Å². The Morgan fingerprint density at radius 2 is 1.72 bits per heavy atom. The van der Waals surface area contributed by atoms with Crippen molar-refractivity contribution in [1.29, 1.82) is 0 Å². The van der Waals surface area contributed by atoms with E-state index in [-0.39, 0.29) is 17.5 Å². The average molecular weight is 436 g/mol. The first-order valence-corrected chi connectivity index (χ1v) is 11.7. The van der Waals surface area contributed by atoms with Crippen LogP contribution in [0.1, 0.15) is 65.8 Å². The molecule has 1 saturated heterocycles. The number of benzene rings is 1. The van der Waals surface area contributed by atoms with Crippen LogP contribution in [0.15, 0.2) is 42.6 Å². The minimum absolute atomic E-state index is 0.169. The highest BCUT2D eigenvalue weighted by atomic mass is 16.2. The summed E-state index contributed by atoms with van der Waals surface area (Å²) in [6.45, 7) is 3.75. The first-order chi connectivity index (χ1) is 15.5. The normalized spacial score (nSPS) is 18.2. The molecule has 2 amide bonds. The molecule has 1 saturated carbocycles. The third kappa shape index (κ3) is 5.46. The standard InChI is InChI=1S/C25H33N5O2/c26-20-6-2-3-7-21(20)29-24(32)22-9-8-19(18-28-22)23(31)27-14-17-30-15-12-25(13-16-30)10-4-1-5-11-25/h2-3,6-9,18H,1,4-5,10-17,26H2,(H,27,31)(H,29,32). The summed E-state index contributed by atoms with van der Waals surface area (Å²) in [5.74, 6) is -0.534. The number of aromatic nitrogens is 1. The van der Waals surface area contributed by atoms with Crippen LogP contribution in [0.5, 0.6) is 0 Å². The summed E-state index contributed by atoms with van der Waals surface area (Å²) >= 11 is 0. The molecular weight excluding hydrogens is 402 g/mol. The smallest absolute Gasteiger partial charge is 0.274 e. The summed E-state index contributed by atoms with van der Waals surface area (Å²) in [6, 6.07) is 10.2. The highest BCUT2D eigenvalue weighted by Crippen LogP contribution is 2.44. The molecular formula is C25H33N5O2. The van der Waals surface area contributed by atoms with Gasteiger partial charge in [-0.2, -0.15) is 0 Å². The van der Waals surface area contributed by atoms with Gasteiger partial charge in [0.25, 0.3) is 11.8 Å². The van der Waals surface area contributed by atoms with Crippen LogP contribution in [0.4, 0.5) is 11.4 Å². The van der Waals surface area contributed by atoms with Crippen molar-refractivity contribution in [2.24, 2.45) is 5.41 Å². The van der Waals surface area contributed by atoms with Crippen molar-refractivity contribution in [1.82, 2.24) is 15.2 Å². The number of rotatable bonds is 6. The minimum atomic E-state index is -0.365. The van der Waals surface area contributed by atoms with Crippen molar-refractivity contribution in [3.63, 3.8) is 0 Å². The number of pyridine rings is 1. The zero-order valence-corrected chi connectivity index (χ0v) is 18.6. The van der Waals surface area contributed by atoms with Crippen LogP contribution in [-0.2, 0) is 0 Å². The third-order valence-corrected chi connectivity index (χ3v) is 7.01. The van der Waals surface area contributed by atoms with E-state index < -0.39 is 0 Å². The van der Waals surface area contributed by atoms with E-state index in [4.69, 9.17) is 5.73 Å². The molecule has 7 nitrogen and oxygen atoms in total. The molecule has 170 valence electrons. The van der Waals surface area contributed by atoms with Crippen LogP contribution in [-0.4, -0.2) is 47.9 Å². The lowest BCUT2D eigenvalue weighted by Crippen LogP contribution is -2.44. The van der Waals surface area contributed by atoms with Gasteiger partial charge in [-0.15, -0.1) is 0 Å². The van der Waals surface area contributed by atoms with Gasteiger partial charge in [0.2, 0.25) is 0 Å². The van der Waals surface area contributed by atoms with Crippen LogP contribution in [0.25, 0.3) is 0 Å². The summed E-state index contributed by atoms with van der Waals surface area (Å²) in [5.41, 5.74) is 8.15. The summed E-state index contributed by atoms with van der Waals surface area (Å²) in [6.07, 6.45) is 11.0. The Balaban J connectivity index is 1.21. The van der Waals surface area contributed by atoms with Gasteiger partial charge in [0, 0.05) is 19.3 Å². The molecule has 2 heterocycles. The van der Waals surface area contributed by atoms with Gasteiger partial charge in [0.1, 0.15) is 5.69 Å². The largest absolute Gasteiger partial charge is 0.397 e. The second-order valence-corrected chi connectivity index (χ2v) is 9.13. The lowest BCUT2D eigenvalue weighted by Gasteiger charge is -2.44. The van der Waals surface area contributed by atoms with Crippen molar-refractivity contribution in [2.45, 2.75) is 44.9 Å². The SMILES string of the molecule is Nc1ccccc1NC(=O)c1ccc(C(=O)NCCN2CCC3(CCCCC3)CC2)cn1. The predicted octanol–water partition coefficient (Wildman–Crippen LogP) is 3.69. The fourth-order valence-electron chi connectivity index (χ4n) is 4.94. The fraction of sp³-hybridized carbons (Fsp3) is 0.480. The predicted molar refractivity (Wildman–Crippen MR) is 127 cm³/mol. The monoisotopic (exact) mass is 435 g/mol. The number of amides is 2. The Morgan fingerprint density at radius 1 is 0.969 bits per heavy atom. The van der Waals surface area contributed by atoms with Crippen LogP contribution < -0.4 is 16.4 Å². The number of carbonyl (C=O) groups is 2. The van der Waals surface area contributed by atoms with Gasteiger partial charge in [-0.3, -0.25) is 14.6 Å². The maximum Gasteiger partial charge on any atom is 0.274 e. The van der Waals surface area contributed by atoms with Crippen molar-refractivity contribution in [3.05, 3.63) is 53.9 Å². The van der Waals surface area contributed by atoms with Gasteiger partial charge in [-0.05, 0) is 68.5 Å². The maximum atomic E-state index is 12.5. The van der Waals surface area contributed by atoms with E-state index >= 15 is 0 Å². The van der Waals surface area contributed by atoms with Gasteiger partial charge in [0.05, 0.1) is 16.9 Å². The van der Waals surface area contributed by atoms with E-state index in [0.29, 0.717) is 28.9 Å². The molecule has 4 rings (SSSR count). The zero-order chi connectivity index (χ0) is 22.4. The Labute approximate surface area is 189 Å². The molecule has 1 aromatic carbocycles. The molecule has 2 aliphatic rings. The molecule has 32 heavy (non-hydrogen) atoms. The molecule has 1 spiro atoms. The topological polar surface area (TPSA) is 100 Å². The minimum Gasteiger partial charge on any atom is -0.397 e. The number of likely N-dealkylation sites (tertiary alicyclic amines) is 1.